The van der Waals surface area contributed by atoms with Gasteiger partial charge in [-0.15, -0.1) is 0 Å². The van der Waals surface area contributed by atoms with Crippen molar-refractivity contribution in [2.24, 2.45) is 0 Å². The number of aliphatic hydroxyl groups excluding tert-OH is 1. The quantitative estimate of drug-likeness (QED) is 0.0508. The molecule has 7 nitrogen and oxygen atoms in total. The number of esters is 2. The summed E-state index contributed by atoms with van der Waals surface area (Å²) in [6, 6.07) is 16.5. The Morgan fingerprint density at radius 3 is 1.11 bits per heavy atom. The van der Waals surface area contributed by atoms with Crippen molar-refractivity contribution in [3.63, 3.8) is 0 Å². The highest BCUT2D eigenvalue weighted by Gasteiger charge is 2.36. The van der Waals surface area contributed by atoms with Gasteiger partial charge in [0.05, 0.1) is 23.8 Å². The second-order valence-electron chi connectivity index (χ2n) is 18.4. The lowest BCUT2D eigenvalue weighted by Crippen LogP contribution is -2.53. The van der Waals surface area contributed by atoms with Crippen LogP contribution in [-0.4, -0.2) is 47.8 Å². The molecular weight excluding hydrogens is 783 g/mol. The molecule has 358 valence electrons. The number of hydrogen-bond donors (Lipinski definition) is 2. The predicted octanol–water partition coefficient (Wildman–Crippen LogP) is 15.6. The first kappa shape index (κ1) is 55.9. The van der Waals surface area contributed by atoms with Crippen molar-refractivity contribution in [3.8, 4) is 0 Å². The van der Waals surface area contributed by atoms with Crippen LogP contribution in [0.15, 0.2) is 60.7 Å². The maximum atomic E-state index is 13.5. The largest absolute Gasteiger partial charge is 0.455 e. The number of ether oxygens (including phenoxy) is 2. The number of carbonyl (C=O) groups is 3. The van der Waals surface area contributed by atoms with Crippen molar-refractivity contribution in [3.05, 3.63) is 71.8 Å². The van der Waals surface area contributed by atoms with E-state index in [0.29, 0.717) is 24.0 Å². The summed E-state index contributed by atoms with van der Waals surface area (Å²) < 4.78 is 12.2. The highest BCUT2D eigenvalue weighted by atomic mass is 16.6. The molecule has 0 aliphatic carbocycles. The number of carbonyl (C=O) groups excluding carboxylic acids is 3. The number of unbranched alkanes of at least 4 members (excludes halogenated alkanes) is 31. The van der Waals surface area contributed by atoms with Gasteiger partial charge in [0.2, 0.25) is 5.91 Å². The zero-order chi connectivity index (χ0) is 45.3. The van der Waals surface area contributed by atoms with Crippen LogP contribution in [0, 0.1) is 0 Å². The smallest absolute Gasteiger partial charge is 0.338 e. The van der Waals surface area contributed by atoms with Gasteiger partial charge in [-0.3, -0.25) is 4.79 Å². The number of nitrogens with one attached hydrogen (secondary N) is 1. The molecule has 2 N–H and O–H groups in total. The highest BCUT2D eigenvalue weighted by Crippen LogP contribution is 2.22. The maximum absolute atomic E-state index is 13.5. The van der Waals surface area contributed by atoms with Gasteiger partial charge in [-0.1, -0.05) is 249 Å². The normalized spacial score (nSPS) is 12.7. The zero-order valence-electron chi connectivity index (χ0n) is 40.4. The van der Waals surface area contributed by atoms with Crippen LogP contribution >= 0.6 is 0 Å². The molecule has 0 spiro atoms. The molecule has 0 heterocycles. The first-order valence-corrected chi connectivity index (χ1v) is 26.4. The second-order valence-corrected chi connectivity index (χ2v) is 18.4. The number of rotatable bonds is 43. The van der Waals surface area contributed by atoms with Crippen LogP contribution in [-0.2, 0) is 14.3 Å². The number of amides is 1. The first-order valence-electron chi connectivity index (χ1n) is 26.4. The van der Waals surface area contributed by atoms with E-state index in [1.54, 1.807) is 48.5 Å². The van der Waals surface area contributed by atoms with Gasteiger partial charge in [0.15, 0.2) is 6.10 Å². The Hall–Kier alpha value is -3.19. The summed E-state index contributed by atoms with van der Waals surface area (Å²) in [5.41, 5.74) is 0.744. The van der Waals surface area contributed by atoms with E-state index in [0.717, 1.165) is 44.9 Å². The average molecular weight is 876 g/mol. The monoisotopic (exact) mass is 876 g/mol. The standard InChI is InChI=1S/C56H93NO6/c1-3-5-7-9-11-13-15-17-18-19-20-21-22-23-24-25-27-29-31-33-41-47-53(59)57-51(48-58)54(63-56(61)50-44-38-35-39-45-50)52(62-55(60)49-42-36-34-37-43-49)46-40-32-30-28-26-16-14-12-10-8-6-4-2/h34-39,42-45,51-52,54,58H,3-33,40-41,46-48H2,1-2H3,(H,57,59)/t51-,52+,54-/m0/s1. The van der Waals surface area contributed by atoms with E-state index < -0.39 is 36.8 Å². The van der Waals surface area contributed by atoms with Gasteiger partial charge >= 0.3 is 11.9 Å². The van der Waals surface area contributed by atoms with Crippen molar-refractivity contribution in [1.82, 2.24) is 5.32 Å². The minimum absolute atomic E-state index is 0.203. The molecule has 0 aliphatic heterocycles. The Bertz CT molecular complexity index is 1350. The Kier molecular flexibility index (Phi) is 35.8. The van der Waals surface area contributed by atoms with Crippen LogP contribution in [0.5, 0.6) is 0 Å². The third-order valence-electron chi connectivity index (χ3n) is 12.7. The summed E-state index contributed by atoms with van der Waals surface area (Å²) in [6.45, 7) is 4.07. The molecular formula is C56H93NO6. The van der Waals surface area contributed by atoms with E-state index in [1.165, 1.54) is 167 Å². The molecule has 0 aliphatic rings. The summed E-state index contributed by atoms with van der Waals surface area (Å²) in [7, 11) is 0. The van der Waals surface area contributed by atoms with E-state index in [1.807, 2.05) is 12.1 Å². The third kappa shape index (κ3) is 29.8. The molecule has 2 aromatic carbocycles. The zero-order valence-corrected chi connectivity index (χ0v) is 40.4. The minimum Gasteiger partial charge on any atom is -0.455 e. The van der Waals surface area contributed by atoms with Crippen molar-refractivity contribution in [2.45, 2.75) is 257 Å². The first-order chi connectivity index (χ1) is 31.0. The fourth-order valence-corrected chi connectivity index (χ4v) is 8.67. The lowest BCUT2D eigenvalue weighted by Gasteiger charge is -2.33. The van der Waals surface area contributed by atoms with E-state index >= 15 is 0 Å². The molecule has 0 unspecified atom stereocenters. The Morgan fingerprint density at radius 1 is 0.444 bits per heavy atom. The van der Waals surface area contributed by atoms with Crippen LogP contribution in [0.1, 0.15) is 259 Å². The summed E-state index contributed by atoms with van der Waals surface area (Å²) in [6.07, 6.45) is 40.6. The van der Waals surface area contributed by atoms with Gasteiger partial charge in [0, 0.05) is 6.42 Å². The van der Waals surface area contributed by atoms with Crippen LogP contribution in [0.2, 0.25) is 0 Å². The second kappa shape index (κ2) is 40.3. The number of benzene rings is 2. The molecule has 0 bridgehead atoms. The fourth-order valence-electron chi connectivity index (χ4n) is 8.67. The molecule has 0 saturated heterocycles. The van der Waals surface area contributed by atoms with E-state index in [9.17, 15) is 19.5 Å². The Labute approximate surface area is 386 Å². The Morgan fingerprint density at radius 2 is 0.762 bits per heavy atom. The van der Waals surface area contributed by atoms with E-state index in [2.05, 4.69) is 19.2 Å². The van der Waals surface area contributed by atoms with Crippen LogP contribution in [0.4, 0.5) is 0 Å². The molecule has 0 saturated carbocycles. The molecule has 7 heteroatoms. The van der Waals surface area contributed by atoms with Crippen LogP contribution < -0.4 is 5.32 Å². The van der Waals surface area contributed by atoms with E-state index in [-0.39, 0.29) is 5.91 Å². The third-order valence-corrected chi connectivity index (χ3v) is 12.7. The molecule has 0 radical (unpaired) electrons. The summed E-state index contributed by atoms with van der Waals surface area (Å²) >= 11 is 0. The van der Waals surface area contributed by atoms with Gasteiger partial charge in [-0.05, 0) is 43.5 Å². The maximum Gasteiger partial charge on any atom is 0.338 e. The summed E-state index contributed by atoms with van der Waals surface area (Å²) in [4.78, 5) is 40.3. The SMILES string of the molecule is CCCCCCCCCCCCCCCCCCCCCCCC(=O)N[C@@H](CO)[C@H](OC(=O)c1ccccc1)[C@@H](CCCCCCCCCCCCCC)OC(=O)c1ccccc1. The molecule has 63 heavy (non-hydrogen) atoms. The topological polar surface area (TPSA) is 102 Å². The van der Waals surface area contributed by atoms with Crippen molar-refractivity contribution in [1.29, 1.82) is 0 Å². The predicted molar refractivity (Wildman–Crippen MR) is 263 cm³/mol. The summed E-state index contributed by atoms with van der Waals surface area (Å²) in [5, 5.41) is 13.7. The van der Waals surface area contributed by atoms with Gasteiger partial charge < -0.3 is 19.9 Å². The molecule has 0 aromatic heterocycles. The Balaban J connectivity index is 1.80. The van der Waals surface area contributed by atoms with Gasteiger partial charge in [0.1, 0.15) is 6.10 Å². The number of aliphatic hydroxyl groups is 1. The highest BCUT2D eigenvalue weighted by molar-refractivity contribution is 5.90. The van der Waals surface area contributed by atoms with Crippen molar-refractivity contribution in [2.75, 3.05) is 6.61 Å². The lowest BCUT2D eigenvalue weighted by atomic mass is 9.98. The average Bonchev–Trinajstić information content (AvgIpc) is 3.31. The lowest BCUT2D eigenvalue weighted by molar-refractivity contribution is -0.124. The summed E-state index contributed by atoms with van der Waals surface area (Å²) in [5.74, 6) is -1.32. The molecule has 1 amide bonds. The molecule has 2 aromatic rings. The molecule has 2 rings (SSSR count). The fraction of sp³-hybridized carbons (Fsp3) is 0.732. The van der Waals surface area contributed by atoms with Gasteiger partial charge in [0.25, 0.3) is 0 Å². The minimum atomic E-state index is -1.08. The van der Waals surface area contributed by atoms with Crippen LogP contribution in [0.3, 0.4) is 0 Å². The van der Waals surface area contributed by atoms with Gasteiger partial charge in [-0.25, -0.2) is 9.59 Å². The van der Waals surface area contributed by atoms with Gasteiger partial charge in [-0.2, -0.15) is 0 Å². The molecule has 3 atom stereocenters. The van der Waals surface area contributed by atoms with Crippen LogP contribution in [0.25, 0.3) is 0 Å². The van der Waals surface area contributed by atoms with E-state index in [4.69, 9.17) is 9.47 Å². The van der Waals surface area contributed by atoms with Crippen molar-refractivity contribution < 1.29 is 29.0 Å². The molecule has 0 fully saturated rings. The van der Waals surface area contributed by atoms with Crippen molar-refractivity contribution >= 4 is 17.8 Å². The number of hydrogen-bond acceptors (Lipinski definition) is 6.